The fraction of sp³-hybridized carbons (Fsp3) is 0.942. The van der Waals surface area contributed by atoms with Gasteiger partial charge in [-0.2, -0.15) is 0 Å². The second-order valence-electron chi connectivity index (χ2n) is 18.8. The fourth-order valence-electron chi connectivity index (χ4n) is 7.81. The van der Waals surface area contributed by atoms with Gasteiger partial charge in [0.05, 0.1) is 0 Å². The average molecular weight is 821 g/mol. The van der Waals surface area contributed by atoms with E-state index in [2.05, 4.69) is 34.6 Å². The average Bonchev–Trinajstić information content (AvgIpc) is 3.19. The van der Waals surface area contributed by atoms with Crippen molar-refractivity contribution in [2.45, 2.75) is 291 Å². The number of esters is 3. The van der Waals surface area contributed by atoms with Crippen molar-refractivity contribution < 1.29 is 28.6 Å². The van der Waals surface area contributed by atoms with Crippen LogP contribution in [0, 0.1) is 11.8 Å². The van der Waals surface area contributed by atoms with Crippen LogP contribution in [-0.2, 0) is 28.6 Å². The molecule has 0 spiro atoms. The van der Waals surface area contributed by atoms with E-state index in [0.29, 0.717) is 19.3 Å². The summed E-state index contributed by atoms with van der Waals surface area (Å²) in [6, 6.07) is 0. The number of unbranched alkanes of at least 4 members (excludes halogenated alkanes) is 31. The maximum Gasteiger partial charge on any atom is 0.306 e. The van der Waals surface area contributed by atoms with Gasteiger partial charge in [0.15, 0.2) is 6.10 Å². The molecule has 0 aromatic heterocycles. The van der Waals surface area contributed by atoms with E-state index < -0.39 is 6.10 Å². The quantitative estimate of drug-likeness (QED) is 0.0346. The van der Waals surface area contributed by atoms with Crippen LogP contribution in [0.4, 0.5) is 0 Å². The lowest BCUT2D eigenvalue weighted by atomic mass is 10.0. The highest BCUT2D eigenvalue weighted by atomic mass is 16.6. The van der Waals surface area contributed by atoms with Crippen LogP contribution in [0.2, 0.25) is 0 Å². The first kappa shape index (κ1) is 56.4. The van der Waals surface area contributed by atoms with Gasteiger partial charge in [0.2, 0.25) is 0 Å². The van der Waals surface area contributed by atoms with E-state index in [9.17, 15) is 14.4 Å². The molecule has 344 valence electrons. The zero-order chi connectivity index (χ0) is 42.6. The fourth-order valence-corrected chi connectivity index (χ4v) is 7.81. The van der Waals surface area contributed by atoms with Crippen molar-refractivity contribution in [2.24, 2.45) is 11.8 Å². The van der Waals surface area contributed by atoms with Crippen LogP contribution in [0.3, 0.4) is 0 Å². The molecular formula is C52H100O6. The molecule has 0 unspecified atom stereocenters. The molecule has 6 nitrogen and oxygen atoms in total. The van der Waals surface area contributed by atoms with Crippen LogP contribution < -0.4 is 0 Å². The number of carbonyl (C=O) groups is 3. The van der Waals surface area contributed by atoms with Crippen LogP contribution in [0.15, 0.2) is 0 Å². The predicted octanol–water partition coefficient (Wildman–Crippen LogP) is 16.5. The lowest BCUT2D eigenvalue weighted by Gasteiger charge is -2.18. The molecule has 0 bridgehead atoms. The molecule has 1 atom stereocenters. The first-order valence-corrected chi connectivity index (χ1v) is 25.7. The highest BCUT2D eigenvalue weighted by Gasteiger charge is 2.19. The first-order chi connectivity index (χ1) is 28.2. The molecule has 0 aromatic rings. The van der Waals surface area contributed by atoms with Gasteiger partial charge in [-0.05, 0) is 31.1 Å². The Morgan fingerprint density at radius 2 is 0.569 bits per heavy atom. The monoisotopic (exact) mass is 821 g/mol. The highest BCUT2D eigenvalue weighted by molar-refractivity contribution is 5.71. The van der Waals surface area contributed by atoms with Crippen molar-refractivity contribution in [3.8, 4) is 0 Å². The van der Waals surface area contributed by atoms with Crippen molar-refractivity contribution in [2.75, 3.05) is 13.2 Å². The number of hydrogen-bond donors (Lipinski definition) is 0. The van der Waals surface area contributed by atoms with E-state index in [1.165, 1.54) is 173 Å². The molecule has 58 heavy (non-hydrogen) atoms. The Kier molecular flexibility index (Phi) is 43.7. The Labute approximate surface area is 361 Å². The Hall–Kier alpha value is -1.59. The molecule has 0 amide bonds. The van der Waals surface area contributed by atoms with Crippen LogP contribution in [0.25, 0.3) is 0 Å². The smallest absolute Gasteiger partial charge is 0.306 e. The van der Waals surface area contributed by atoms with Gasteiger partial charge in [-0.1, -0.05) is 247 Å². The van der Waals surface area contributed by atoms with Gasteiger partial charge >= 0.3 is 17.9 Å². The van der Waals surface area contributed by atoms with Crippen molar-refractivity contribution in [3.63, 3.8) is 0 Å². The van der Waals surface area contributed by atoms with Gasteiger partial charge < -0.3 is 14.2 Å². The Morgan fingerprint density at radius 3 is 0.845 bits per heavy atom. The summed E-state index contributed by atoms with van der Waals surface area (Å²) < 4.78 is 16.8. The van der Waals surface area contributed by atoms with Gasteiger partial charge in [0, 0.05) is 19.3 Å². The topological polar surface area (TPSA) is 78.9 Å². The maximum absolute atomic E-state index is 12.8. The molecule has 0 rings (SSSR count). The van der Waals surface area contributed by atoms with Crippen LogP contribution >= 0.6 is 0 Å². The maximum atomic E-state index is 12.8. The van der Waals surface area contributed by atoms with Gasteiger partial charge in [0.25, 0.3) is 0 Å². The van der Waals surface area contributed by atoms with Gasteiger partial charge in [-0.25, -0.2) is 0 Å². The highest BCUT2D eigenvalue weighted by Crippen LogP contribution is 2.17. The van der Waals surface area contributed by atoms with E-state index in [1.54, 1.807) is 0 Å². The molecule has 0 aliphatic carbocycles. The zero-order valence-electron chi connectivity index (χ0n) is 39.7. The molecule has 0 N–H and O–H groups in total. The normalized spacial score (nSPS) is 12.1. The SMILES string of the molecule is CCCCCCCCCCCCCCCCCCC(=O)OC[C@H](COC(=O)CCCCCCCCCCCC(C)C)OC(=O)CCCCCCCCCCCC(C)C. The molecule has 0 aliphatic rings. The van der Waals surface area contributed by atoms with Crippen LogP contribution in [0.1, 0.15) is 285 Å². The minimum absolute atomic E-state index is 0.0641. The first-order valence-electron chi connectivity index (χ1n) is 25.7. The summed E-state index contributed by atoms with van der Waals surface area (Å²) in [5.41, 5.74) is 0. The molecule has 0 aliphatic heterocycles. The molecule has 6 heteroatoms. The Bertz CT molecular complexity index is 885. The van der Waals surface area contributed by atoms with Crippen molar-refractivity contribution in [1.82, 2.24) is 0 Å². The van der Waals surface area contributed by atoms with Gasteiger partial charge in [-0.3, -0.25) is 14.4 Å². The summed E-state index contributed by atoms with van der Waals surface area (Å²) in [4.78, 5) is 37.9. The Morgan fingerprint density at radius 1 is 0.328 bits per heavy atom. The summed E-state index contributed by atoms with van der Waals surface area (Å²) in [5.74, 6) is 0.764. The van der Waals surface area contributed by atoms with E-state index >= 15 is 0 Å². The zero-order valence-corrected chi connectivity index (χ0v) is 39.7. The number of ether oxygens (including phenoxy) is 3. The molecule has 0 radical (unpaired) electrons. The summed E-state index contributed by atoms with van der Waals surface area (Å²) >= 11 is 0. The van der Waals surface area contributed by atoms with Crippen LogP contribution in [0.5, 0.6) is 0 Å². The molecule has 0 fully saturated rings. The second kappa shape index (κ2) is 44.9. The lowest BCUT2D eigenvalue weighted by Crippen LogP contribution is -2.30. The van der Waals surface area contributed by atoms with E-state index in [4.69, 9.17) is 14.2 Å². The molecule has 0 heterocycles. The molecule has 0 saturated carbocycles. The summed E-state index contributed by atoms with van der Waals surface area (Å²) in [6.07, 6.45) is 45.2. The predicted molar refractivity (Wildman–Crippen MR) is 247 cm³/mol. The van der Waals surface area contributed by atoms with Crippen LogP contribution in [-0.4, -0.2) is 37.2 Å². The number of hydrogen-bond acceptors (Lipinski definition) is 6. The number of rotatable bonds is 46. The molecule has 0 aromatic carbocycles. The second-order valence-corrected chi connectivity index (χ2v) is 18.8. The lowest BCUT2D eigenvalue weighted by molar-refractivity contribution is -0.167. The summed E-state index contributed by atoms with van der Waals surface area (Å²) in [5, 5.41) is 0. The molecule has 0 saturated heterocycles. The minimum Gasteiger partial charge on any atom is -0.462 e. The third-order valence-corrected chi connectivity index (χ3v) is 11.7. The Balaban J connectivity index is 4.30. The van der Waals surface area contributed by atoms with Crippen molar-refractivity contribution >= 4 is 17.9 Å². The minimum atomic E-state index is -0.762. The third-order valence-electron chi connectivity index (χ3n) is 11.7. The third kappa shape index (κ3) is 45.5. The number of carbonyl (C=O) groups excluding carboxylic acids is 3. The standard InChI is InChI=1S/C52H100O6/c1-6-7-8-9-10-11-12-13-14-15-16-17-22-27-32-37-42-50(53)56-45-49(58-52(55)44-39-34-29-24-19-21-26-31-36-41-48(4)5)46-57-51(54)43-38-33-28-23-18-20-25-30-35-40-47(2)3/h47-49H,6-46H2,1-5H3/t49-/m1/s1. The van der Waals surface area contributed by atoms with Crippen molar-refractivity contribution in [3.05, 3.63) is 0 Å². The van der Waals surface area contributed by atoms with Crippen molar-refractivity contribution in [1.29, 1.82) is 0 Å². The van der Waals surface area contributed by atoms with E-state index in [-0.39, 0.29) is 31.1 Å². The summed E-state index contributed by atoms with van der Waals surface area (Å²) in [7, 11) is 0. The van der Waals surface area contributed by atoms with Gasteiger partial charge in [-0.15, -0.1) is 0 Å². The van der Waals surface area contributed by atoms with E-state index in [0.717, 1.165) is 69.6 Å². The van der Waals surface area contributed by atoms with Gasteiger partial charge in [0.1, 0.15) is 13.2 Å². The molecular weight excluding hydrogens is 721 g/mol. The largest absolute Gasteiger partial charge is 0.462 e. The summed E-state index contributed by atoms with van der Waals surface area (Å²) in [6.45, 7) is 11.3. The van der Waals surface area contributed by atoms with E-state index in [1.807, 2.05) is 0 Å².